The molecule has 1 fully saturated rings. The summed E-state index contributed by atoms with van der Waals surface area (Å²) in [4.78, 5) is 12.8. The molecule has 1 aliphatic rings. The molecular formula is C14H20N4O3S. The molecule has 22 heavy (non-hydrogen) atoms. The summed E-state index contributed by atoms with van der Waals surface area (Å²) >= 11 is 0. The summed E-state index contributed by atoms with van der Waals surface area (Å²) in [6.07, 6.45) is 0.863. The van der Waals surface area contributed by atoms with E-state index < -0.39 is 10.0 Å². The number of guanidine groups is 1. The average Bonchev–Trinajstić information content (AvgIpc) is 2.81. The van der Waals surface area contributed by atoms with Crippen LogP contribution in [0.5, 0.6) is 0 Å². The van der Waals surface area contributed by atoms with E-state index in [2.05, 4.69) is 5.32 Å². The molecule has 0 atom stereocenters. The molecule has 0 spiro atoms. The molecule has 1 saturated heterocycles. The van der Waals surface area contributed by atoms with Gasteiger partial charge in [-0.05, 0) is 30.7 Å². The van der Waals surface area contributed by atoms with Crippen molar-refractivity contribution in [3.63, 3.8) is 0 Å². The quantitative estimate of drug-likeness (QED) is 0.853. The Morgan fingerprint density at radius 3 is 2.45 bits per heavy atom. The second-order valence-corrected chi connectivity index (χ2v) is 6.96. The monoisotopic (exact) mass is 324 g/mol. The van der Waals surface area contributed by atoms with E-state index >= 15 is 0 Å². The molecule has 1 aromatic rings. The number of nitrogens with zero attached hydrogens (tertiary/aromatic N) is 2. The van der Waals surface area contributed by atoms with Crippen molar-refractivity contribution in [2.45, 2.75) is 25.2 Å². The number of carbonyl (C=O) groups excluding carboxylic acids is 1. The first-order chi connectivity index (χ1) is 10.4. The van der Waals surface area contributed by atoms with Gasteiger partial charge in [0.2, 0.25) is 11.9 Å². The number of sulfonamides is 1. The van der Waals surface area contributed by atoms with E-state index in [1.165, 1.54) is 31.2 Å². The molecule has 1 heterocycles. The molecule has 0 unspecified atom stereocenters. The molecule has 2 rings (SSSR count). The van der Waals surface area contributed by atoms with Crippen LogP contribution in [0.25, 0.3) is 0 Å². The Bertz CT molecular complexity index is 670. The zero-order valence-corrected chi connectivity index (χ0v) is 13.5. The van der Waals surface area contributed by atoms with Gasteiger partial charge in [0.15, 0.2) is 0 Å². The minimum absolute atomic E-state index is 0.0211. The first-order valence-corrected chi connectivity index (χ1v) is 8.54. The smallest absolute Gasteiger partial charge is 0.266 e. The number of amides is 1. The van der Waals surface area contributed by atoms with Crippen molar-refractivity contribution in [3.05, 3.63) is 24.3 Å². The van der Waals surface area contributed by atoms with Gasteiger partial charge in [0, 0.05) is 25.7 Å². The van der Waals surface area contributed by atoms with Crippen LogP contribution in [0.1, 0.15) is 20.3 Å². The van der Waals surface area contributed by atoms with E-state index in [0.717, 1.165) is 10.7 Å². The summed E-state index contributed by atoms with van der Waals surface area (Å²) in [5, 5.41) is 10.6. The molecule has 1 aromatic carbocycles. The zero-order valence-electron chi connectivity index (χ0n) is 12.7. The van der Waals surface area contributed by atoms with Gasteiger partial charge in [0.05, 0.1) is 11.4 Å². The fourth-order valence-corrected chi connectivity index (χ4v) is 3.74. The van der Waals surface area contributed by atoms with Crippen LogP contribution in [0, 0.1) is 5.41 Å². The maximum Gasteiger partial charge on any atom is 0.266 e. The lowest BCUT2D eigenvalue weighted by molar-refractivity contribution is -0.114. The summed E-state index contributed by atoms with van der Waals surface area (Å²) in [6, 6.07) is 5.96. The number of carbonyl (C=O) groups is 1. The van der Waals surface area contributed by atoms with Crippen LogP contribution in [0.3, 0.4) is 0 Å². The maximum absolute atomic E-state index is 12.6. The number of hydrogen-bond donors (Lipinski definition) is 2. The highest BCUT2D eigenvalue weighted by molar-refractivity contribution is 7.89. The third kappa shape index (κ3) is 3.22. The van der Waals surface area contributed by atoms with Crippen LogP contribution < -0.4 is 5.32 Å². The number of benzene rings is 1. The molecular weight excluding hydrogens is 304 g/mol. The standard InChI is InChI=1S/C14H20N4O3S/c1-3-8-17-9-10-18(14(17)15)22(20,21)13-6-4-12(5-7-13)16-11(2)19/h4-7,15H,3,8-10H2,1-2H3,(H,16,19). The summed E-state index contributed by atoms with van der Waals surface area (Å²) in [7, 11) is -3.73. The molecule has 0 saturated carbocycles. The molecule has 7 nitrogen and oxygen atoms in total. The zero-order chi connectivity index (χ0) is 16.3. The molecule has 1 aliphatic heterocycles. The Morgan fingerprint density at radius 1 is 1.27 bits per heavy atom. The fourth-order valence-electron chi connectivity index (χ4n) is 2.34. The number of rotatable bonds is 5. The Kier molecular flexibility index (Phi) is 4.70. The van der Waals surface area contributed by atoms with Crippen LogP contribution in [-0.4, -0.2) is 49.1 Å². The van der Waals surface area contributed by atoms with Gasteiger partial charge < -0.3 is 10.2 Å². The topological polar surface area (TPSA) is 93.6 Å². The predicted octanol–water partition coefficient (Wildman–Crippen LogP) is 1.30. The van der Waals surface area contributed by atoms with E-state index in [-0.39, 0.29) is 23.3 Å². The van der Waals surface area contributed by atoms with Crippen molar-refractivity contribution in [1.29, 1.82) is 5.41 Å². The summed E-state index contributed by atoms with van der Waals surface area (Å²) in [5.41, 5.74) is 0.538. The van der Waals surface area contributed by atoms with E-state index in [4.69, 9.17) is 5.41 Å². The molecule has 0 aromatic heterocycles. The van der Waals surface area contributed by atoms with E-state index in [0.29, 0.717) is 18.8 Å². The van der Waals surface area contributed by atoms with Crippen molar-refractivity contribution in [1.82, 2.24) is 9.21 Å². The predicted molar refractivity (Wildman–Crippen MR) is 84.2 cm³/mol. The lowest BCUT2D eigenvalue weighted by atomic mass is 10.3. The minimum Gasteiger partial charge on any atom is -0.340 e. The van der Waals surface area contributed by atoms with Gasteiger partial charge in [-0.15, -0.1) is 0 Å². The van der Waals surface area contributed by atoms with Crippen LogP contribution in [0.2, 0.25) is 0 Å². The summed E-state index contributed by atoms with van der Waals surface area (Å²) in [6.45, 7) is 4.88. The molecule has 2 N–H and O–H groups in total. The average molecular weight is 324 g/mol. The normalized spacial score (nSPS) is 15.3. The van der Waals surface area contributed by atoms with Crippen LogP contribution in [0.4, 0.5) is 5.69 Å². The molecule has 1 amide bonds. The first-order valence-electron chi connectivity index (χ1n) is 7.10. The highest BCUT2D eigenvalue weighted by Gasteiger charge is 2.34. The second-order valence-electron chi connectivity index (χ2n) is 5.09. The Morgan fingerprint density at radius 2 is 1.91 bits per heavy atom. The highest BCUT2D eigenvalue weighted by Crippen LogP contribution is 2.22. The van der Waals surface area contributed by atoms with Gasteiger partial charge in [-0.25, -0.2) is 12.7 Å². The van der Waals surface area contributed by atoms with Crippen LogP contribution in [-0.2, 0) is 14.8 Å². The lowest BCUT2D eigenvalue weighted by Gasteiger charge is -2.21. The van der Waals surface area contributed by atoms with Gasteiger partial charge >= 0.3 is 0 Å². The Hall–Kier alpha value is -2.09. The van der Waals surface area contributed by atoms with Gasteiger partial charge in [0.1, 0.15) is 0 Å². The number of anilines is 1. The second kappa shape index (κ2) is 6.35. The van der Waals surface area contributed by atoms with Crippen molar-refractivity contribution in [2.75, 3.05) is 25.0 Å². The van der Waals surface area contributed by atoms with Gasteiger partial charge in [0.25, 0.3) is 10.0 Å². The molecule has 8 heteroatoms. The van der Waals surface area contributed by atoms with Gasteiger partial charge in [-0.2, -0.15) is 0 Å². The molecule has 0 bridgehead atoms. The minimum atomic E-state index is -3.73. The van der Waals surface area contributed by atoms with Gasteiger partial charge in [-0.3, -0.25) is 10.2 Å². The summed E-state index contributed by atoms with van der Waals surface area (Å²) in [5.74, 6) is -0.195. The van der Waals surface area contributed by atoms with Crippen molar-refractivity contribution < 1.29 is 13.2 Å². The first kappa shape index (κ1) is 16.3. The van der Waals surface area contributed by atoms with Crippen molar-refractivity contribution >= 4 is 27.6 Å². The molecule has 0 radical (unpaired) electrons. The third-order valence-electron chi connectivity index (χ3n) is 3.36. The molecule has 120 valence electrons. The SMILES string of the molecule is CCCN1CCN(S(=O)(=O)c2ccc(NC(C)=O)cc2)C1=N. The Balaban J connectivity index is 2.20. The van der Waals surface area contributed by atoms with Crippen LogP contribution >= 0.6 is 0 Å². The maximum atomic E-state index is 12.6. The lowest BCUT2D eigenvalue weighted by Crippen LogP contribution is -2.37. The van der Waals surface area contributed by atoms with Crippen molar-refractivity contribution in [3.8, 4) is 0 Å². The van der Waals surface area contributed by atoms with E-state index in [1.54, 1.807) is 4.90 Å². The fraction of sp³-hybridized carbons (Fsp3) is 0.429. The van der Waals surface area contributed by atoms with Crippen LogP contribution in [0.15, 0.2) is 29.2 Å². The number of hydrogen-bond acceptors (Lipinski definition) is 4. The Labute approximate surface area is 130 Å². The largest absolute Gasteiger partial charge is 0.340 e. The summed E-state index contributed by atoms with van der Waals surface area (Å²) < 4.78 is 26.3. The van der Waals surface area contributed by atoms with Crippen molar-refractivity contribution in [2.24, 2.45) is 0 Å². The molecule has 0 aliphatic carbocycles. The number of nitrogens with one attached hydrogen (secondary N) is 2. The third-order valence-corrected chi connectivity index (χ3v) is 5.17. The van der Waals surface area contributed by atoms with Gasteiger partial charge in [-0.1, -0.05) is 6.92 Å². The van der Waals surface area contributed by atoms with E-state index in [1.807, 2.05) is 6.92 Å². The highest BCUT2D eigenvalue weighted by atomic mass is 32.2. The van der Waals surface area contributed by atoms with E-state index in [9.17, 15) is 13.2 Å².